The summed E-state index contributed by atoms with van der Waals surface area (Å²) < 4.78 is 18.0. The zero-order valence-corrected chi connectivity index (χ0v) is 11.8. The Labute approximate surface area is 127 Å². The van der Waals surface area contributed by atoms with Crippen LogP contribution in [0, 0.1) is 5.82 Å². The largest absolute Gasteiger partial charge is 0.392 e. The van der Waals surface area contributed by atoms with Gasteiger partial charge >= 0.3 is 0 Å². The molecule has 0 aliphatic heterocycles. The van der Waals surface area contributed by atoms with Crippen molar-refractivity contribution in [3.63, 3.8) is 0 Å². The minimum atomic E-state index is -0.594. The highest BCUT2D eigenvalue weighted by molar-refractivity contribution is 5.53. The van der Waals surface area contributed by atoms with E-state index in [4.69, 9.17) is 4.52 Å². The second-order valence-electron chi connectivity index (χ2n) is 5.07. The summed E-state index contributed by atoms with van der Waals surface area (Å²) in [4.78, 5) is 4.23. The van der Waals surface area contributed by atoms with E-state index >= 15 is 0 Å². The number of aromatic nitrogens is 2. The van der Waals surface area contributed by atoms with Gasteiger partial charge in [-0.3, -0.25) is 0 Å². The van der Waals surface area contributed by atoms with Crippen LogP contribution in [0.3, 0.4) is 0 Å². The van der Waals surface area contributed by atoms with Crippen LogP contribution in [0.2, 0.25) is 0 Å². The molecule has 0 saturated heterocycles. The molecule has 1 N–H and O–H groups in total. The topological polar surface area (TPSA) is 59.2 Å². The van der Waals surface area contributed by atoms with Crippen molar-refractivity contribution >= 4 is 0 Å². The van der Waals surface area contributed by atoms with Gasteiger partial charge in [0.1, 0.15) is 5.82 Å². The highest BCUT2D eigenvalue weighted by Crippen LogP contribution is 2.17. The van der Waals surface area contributed by atoms with Gasteiger partial charge in [-0.2, -0.15) is 4.98 Å². The molecule has 0 aliphatic carbocycles. The van der Waals surface area contributed by atoms with E-state index in [1.807, 2.05) is 30.3 Å². The lowest BCUT2D eigenvalue weighted by molar-refractivity contribution is 0.162. The first-order chi connectivity index (χ1) is 10.7. The standard InChI is InChI=1S/C17H15FN2O2/c18-14-8-6-13(7-9-14)17-19-16(22-20-17)11-15(21)10-12-4-2-1-3-5-12/h1-9,15,21H,10-11H2. The van der Waals surface area contributed by atoms with Crippen LogP contribution < -0.4 is 0 Å². The van der Waals surface area contributed by atoms with Crippen molar-refractivity contribution in [2.24, 2.45) is 0 Å². The summed E-state index contributed by atoms with van der Waals surface area (Å²) in [6.45, 7) is 0. The third kappa shape index (κ3) is 3.56. The van der Waals surface area contributed by atoms with Crippen molar-refractivity contribution in [2.45, 2.75) is 18.9 Å². The van der Waals surface area contributed by atoms with E-state index in [1.165, 1.54) is 12.1 Å². The fraction of sp³-hybridized carbons (Fsp3) is 0.176. The van der Waals surface area contributed by atoms with E-state index in [0.29, 0.717) is 23.7 Å². The van der Waals surface area contributed by atoms with Gasteiger partial charge in [-0.1, -0.05) is 35.5 Å². The highest BCUT2D eigenvalue weighted by Gasteiger charge is 2.14. The molecule has 4 nitrogen and oxygen atoms in total. The SMILES string of the molecule is OC(Cc1ccccc1)Cc1nc(-c2ccc(F)cc2)no1. The Hall–Kier alpha value is -2.53. The molecule has 3 aromatic rings. The highest BCUT2D eigenvalue weighted by atomic mass is 19.1. The van der Waals surface area contributed by atoms with Crippen molar-refractivity contribution in [1.29, 1.82) is 0 Å². The first kappa shape index (κ1) is 14.4. The summed E-state index contributed by atoms with van der Waals surface area (Å²) in [5.74, 6) is 0.440. The molecule has 22 heavy (non-hydrogen) atoms. The van der Waals surface area contributed by atoms with E-state index < -0.39 is 6.10 Å². The zero-order chi connectivity index (χ0) is 15.4. The van der Waals surface area contributed by atoms with Gasteiger partial charge in [-0.25, -0.2) is 4.39 Å². The normalized spacial score (nSPS) is 12.3. The molecule has 0 spiro atoms. The molecule has 5 heteroatoms. The molecule has 0 bridgehead atoms. The van der Waals surface area contributed by atoms with Crippen LogP contribution in [0.25, 0.3) is 11.4 Å². The van der Waals surface area contributed by atoms with E-state index in [9.17, 15) is 9.50 Å². The van der Waals surface area contributed by atoms with Crippen LogP contribution in [0.15, 0.2) is 59.1 Å². The third-order valence-corrected chi connectivity index (χ3v) is 3.29. The lowest BCUT2D eigenvalue weighted by Crippen LogP contribution is -2.14. The molecule has 0 aliphatic rings. The smallest absolute Gasteiger partial charge is 0.229 e. The van der Waals surface area contributed by atoms with Crippen molar-refractivity contribution < 1.29 is 14.0 Å². The maximum atomic E-state index is 12.9. The van der Waals surface area contributed by atoms with Crippen molar-refractivity contribution in [3.05, 3.63) is 71.9 Å². The van der Waals surface area contributed by atoms with Crippen LogP contribution in [0.5, 0.6) is 0 Å². The number of nitrogens with zero attached hydrogens (tertiary/aromatic N) is 2. The predicted octanol–water partition coefficient (Wildman–Crippen LogP) is 3.02. The Bertz CT molecular complexity index is 726. The van der Waals surface area contributed by atoms with Crippen LogP contribution in [-0.4, -0.2) is 21.4 Å². The van der Waals surface area contributed by atoms with E-state index in [1.54, 1.807) is 12.1 Å². The average Bonchev–Trinajstić information content (AvgIpc) is 2.97. The van der Waals surface area contributed by atoms with Gasteiger partial charge in [0.05, 0.1) is 12.5 Å². The summed E-state index contributed by atoms with van der Waals surface area (Å²) in [6.07, 6.45) is 0.210. The molecule has 0 saturated carbocycles. The first-order valence-electron chi connectivity index (χ1n) is 7.01. The number of halogens is 1. The van der Waals surface area contributed by atoms with E-state index in [0.717, 1.165) is 5.56 Å². The average molecular weight is 298 g/mol. The van der Waals surface area contributed by atoms with E-state index in [2.05, 4.69) is 10.1 Å². The maximum Gasteiger partial charge on any atom is 0.229 e. The Kier molecular flexibility index (Phi) is 4.25. The van der Waals surface area contributed by atoms with Crippen LogP contribution in [0.1, 0.15) is 11.5 Å². The van der Waals surface area contributed by atoms with Gasteiger partial charge in [0, 0.05) is 5.56 Å². The van der Waals surface area contributed by atoms with Gasteiger partial charge < -0.3 is 9.63 Å². The first-order valence-corrected chi connectivity index (χ1v) is 7.01. The van der Waals surface area contributed by atoms with Crippen LogP contribution in [-0.2, 0) is 12.8 Å². The number of hydrogen-bond donors (Lipinski definition) is 1. The molecular weight excluding hydrogens is 283 g/mol. The zero-order valence-electron chi connectivity index (χ0n) is 11.8. The van der Waals surface area contributed by atoms with Gasteiger partial charge in [0.2, 0.25) is 11.7 Å². The summed E-state index contributed by atoms with van der Waals surface area (Å²) in [7, 11) is 0. The molecule has 1 unspecified atom stereocenters. The number of aliphatic hydroxyl groups excluding tert-OH is 1. The molecule has 1 atom stereocenters. The fourth-order valence-electron chi connectivity index (χ4n) is 2.21. The van der Waals surface area contributed by atoms with Crippen molar-refractivity contribution in [3.8, 4) is 11.4 Å². The minimum Gasteiger partial charge on any atom is -0.392 e. The Morgan fingerprint density at radius 1 is 1.00 bits per heavy atom. The quantitative estimate of drug-likeness (QED) is 0.786. The fourth-order valence-corrected chi connectivity index (χ4v) is 2.21. The van der Waals surface area contributed by atoms with Gasteiger partial charge in [0.25, 0.3) is 0 Å². The number of benzene rings is 2. The second-order valence-corrected chi connectivity index (χ2v) is 5.07. The molecular formula is C17H15FN2O2. The minimum absolute atomic E-state index is 0.281. The summed E-state index contributed by atoms with van der Waals surface area (Å²) >= 11 is 0. The van der Waals surface area contributed by atoms with Crippen LogP contribution in [0.4, 0.5) is 4.39 Å². The molecule has 2 aromatic carbocycles. The van der Waals surface area contributed by atoms with Gasteiger partial charge in [-0.05, 0) is 36.2 Å². The third-order valence-electron chi connectivity index (χ3n) is 3.29. The molecule has 0 radical (unpaired) electrons. The second kappa shape index (κ2) is 6.49. The molecule has 1 heterocycles. The maximum absolute atomic E-state index is 12.9. The molecule has 3 rings (SSSR count). The Morgan fingerprint density at radius 2 is 1.73 bits per heavy atom. The summed E-state index contributed by atoms with van der Waals surface area (Å²) in [6, 6.07) is 15.6. The van der Waals surface area contributed by atoms with Crippen LogP contribution >= 0.6 is 0 Å². The molecule has 1 aromatic heterocycles. The van der Waals surface area contributed by atoms with Crippen molar-refractivity contribution in [1.82, 2.24) is 10.1 Å². The molecule has 0 amide bonds. The number of aliphatic hydroxyl groups is 1. The van der Waals surface area contributed by atoms with Gasteiger partial charge in [0.15, 0.2) is 0 Å². The number of hydrogen-bond acceptors (Lipinski definition) is 4. The monoisotopic (exact) mass is 298 g/mol. The van der Waals surface area contributed by atoms with Gasteiger partial charge in [-0.15, -0.1) is 0 Å². The molecule has 0 fully saturated rings. The predicted molar refractivity (Wildman–Crippen MR) is 79.5 cm³/mol. The lowest BCUT2D eigenvalue weighted by atomic mass is 10.1. The lowest BCUT2D eigenvalue weighted by Gasteiger charge is -2.07. The Morgan fingerprint density at radius 3 is 2.45 bits per heavy atom. The molecule has 112 valence electrons. The van der Waals surface area contributed by atoms with Crippen molar-refractivity contribution in [2.75, 3.05) is 0 Å². The van der Waals surface area contributed by atoms with E-state index in [-0.39, 0.29) is 12.2 Å². The number of rotatable bonds is 5. The summed E-state index contributed by atoms with van der Waals surface area (Å²) in [5, 5.41) is 14.0. The summed E-state index contributed by atoms with van der Waals surface area (Å²) in [5.41, 5.74) is 1.72. The Balaban J connectivity index is 1.65.